The molecule has 0 aromatic heterocycles. The van der Waals surface area contributed by atoms with Crippen LogP contribution in [0.3, 0.4) is 0 Å². The fraction of sp³-hybridized carbons (Fsp3) is 0.467. The molecule has 1 saturated heterocycles. The van der Waals surface area contributed by atoms with Crippen LogP contribution in [0.15, 0.2) is 24.3 Å². The second kappa shape index (κ2) is 5.15. The van der Waals surface area contributed by atoms with Gasteiger partial charge in [0.15, 0.2) is 0 Å². The summed E-state index contributed by atoms with van der Waals surface area (Å²) in [6.45, 7) is 6.85. The molecule has 1 atom stereocenters. The lowest BCUT2D eigenvalue weighted by Crippen LogP contribution is -2.62. The normalized spacial score (nSPS) is 18.0. The van der Waals surface area contributed by atoms with Gasteiger partial charge >= 0.3 is 6.09 Å². The number of hydrogen-bond donors (Lipinski definition) is 1. The predicted octanol–water partition coefficient (Wildman–Crippen LogP) is 1.91. The number of ether oxygens (including phenoxy) is 1. The second-order valence-electron chi connectivity index (χ2n) is 6.01. The summed E-state index contributed by atoms with van der Waals surface area (Å²) in [7, 11) is 1.56. The molecule has 1 aromatic rings. The Kier molecular flexibility index (Phi) is 3.70. The van der Waals surface area contributed by atoms with E-state index < -0.39 is 12.1 Å². The lowest BCUT2D eigenvalue weighted by molar-refractivity contribution is -0.131. The van der Waals surface area contributed by atoms with Crippen LogP contribution in [0.5, 0.6) is 5.75 Å². The van der Waals surface area contributed by atoms with Crippen molar-refractivity contribution in [2.45, 2.75) is 32.2 Å². The maximum atomic E-state index is 11.9. The lowest BCUT2D eigenvalue weighted by atomic mass is 9.87. The van der Waals surface area contributed by atoms with Crippen LogP contribution in [0, 0.1) is 0 Å². The zero-order valence-electron chi connectivity index (χ0n) is 12.3. The number of nitrogens with one attached hydrogen (secondary N) is 1. The third-order valence-electron chi connectivity index (χ3n) is 3.45. The van der Waals surface area contributed by atoms with Crippen molar-refractivity contribution in [3.05, 3.63) is 29.8 Å². The number of β-lactam (4-membered cyclic amide) rings is 1. The van der Waals surface area contributed by atoms with Gasteiger partial charge in [-0.05, 0) is 23.1 Å². The molecule has 1 heterocycles. The summed E-state index contributed by atoms with van der Waals surface area (Å²) in [5.74, 6) is 0.335. The fourth-order valence-corrected chi connectivity index (χ4v) is 1.91. The van der Waals surface area contributed by atoms with Gasteiger partial charge in [0.25, 0.3) is 0 Å². The molecular formula is C15H20N2O3. The molecular weight excluding hydrogens is 256 g/mol. The molecule has 0 aliphatic carbocycles. The minimum absolute atomic E-state index is 0.0589. The van der Waals surface area contributed by atoms with E-state index in [0.29, 0.717) is 12.3 Å². The molecule has 1 aliphatic rings. The third kappa shape index (κ3) is 2.92. The van der Waals surface area contributed by atoms with Crippen molar-refractivity contribution in [1.29, 1.82) is 0 Å². The van der Waals surface area contributed by atoms with Crippen molar-refractivity contribution in [1.82, 2.24) is 10.2 Å². The lowest BCUT2D eigenvalue weighted by Gasteiger charge is -2.33. The van der Waals surface area contributed by atoms with E-state index in [-0.39, 0.29) is 11.3 Å². The van der Waals surface area contributed by atoms with E-state index in [1.54, 1.807) is 19.2 Å². The molecule has 1 N–H and O–H groups in total. The minimum Gasteiger partial charge on any atom is -0.410 e. The smallest absolute Gasteiger partial charge is 0.410 e. The van der Waals surface area contributed by atoms with Gasteiger partial charge in [-0.3, -0.25) is 9.69 Å². The number of likely N-dealkylation sites (N-methyl/N-ethyl adjacent to an activating group) is 1. The van der Waals surface area contributed by atoms with Crippen LogP contribution in [0.4, 0.5) is 4.79 Å². The highest BCUT2D eigenvalue weighted by Crippen LogP contribution is 2.24. The van der Waals surface area contributed by atoms with Crippen molar-refractivity contribution >= 4 is 12.0 Å². The highest BCUT2D eigenvalue weighted by molar-refractivity contribution is 5.91. The molecule has 1 aromatic carbocycles. The summed E-state index contributed by atoms with van der Waals surface area (Å²) in [5.41, 5.74) is 1.23. The maximum Gasteiger partial charge on any atom is 0.415 e. The largest absolute Gasteiger partial charge is 0.415 e. The molecule has 2 rings (SSSR count). The molecule has 2 amide bonds. The van der Waals surface area contributed by atoms with Crippen molar-refractivity contribution in [3.8, 4) is 5.75 Å². The van der Waals surface area contributed by atoms with E-state index in [1.807, 2.05) is 12.1 Å². The van der Waals surface area contributed by atoms with Gasteiger partial charge in [-0.1, -0.05) is 32.9 Å². The first-order valence-corrected chi connectivity index (χ1v) is 6.62. The number of nitrogens with zero attached hydrogens (tertiary/aromatic N) is 1. The van der Waals surface area contributed by atoms with Crippen molar-refractivity contribution in [2.24, 2.45) is 0 Å². The zero-order chi connectivity index (χ0) is 14.9. The van der Waals surface area contributed by atoms with E-state index in [0.717, 1.165) is 0 Å². The van der Waals surface area contributed by atoms with E-state index in [4.69, 9.17) is 4.74 Å². The minimum atomic E-state index is -0.520. The highest BCUT2D eigenvalue weighted by atomic mass is 16.6. The van der Waals surface area contributed by atoms with E-state index in [2.05, 4.69) is 26.1 Å². The summed E-state index contributed by atoms with van der Waals surface area (Å²) < 4.78 is 5.26. The highest BCUT2D eigenvalue weighted by Gasteiger charge is 2.35. The van der Waals surface area contributed by atoms with Crippen LogP contribution in [0.1, 0.15) is 26.3 Å². The number of benzene rings is 1. The van der Waals surface area contributed by atoms with Gasteiger partial charge in [0.1, 0.15) is 11.8 Å². The topological polar surface area (TPSA) is 58.6 Å². The molecule has 5 heteroatoms. The Balaban J connectivity index is 1.99. The molecule has 1 aliphatic heterocycles. The van der Waals surface area contributed by atoms with E-state index in [1.165, 1.54) is 10.5 Å². The predicted molar refractivity (Wildman–Crippen MR) is 75.7 cm³/mol. The average Bonchev–Trinajstić information content (AvgIpc) is 2.36. The van der Waals surface area contributed by atoms with Crippen LogP contribution >= 0.6 is 0 Å². The van der Waals surface area contributed by atoms with E-state index >= 15 is 0 Å². The first-order chi connectivity index (χ1) is 9.29. The molecule has 20 heavy (non-hydrogen) atoms. The van der Waals surface area contributed by atoms with Gasteiger partial charge in [0.05, 0.1) is 0 Å². The fourth-order valence-electron chi connectivity index (χ4n) is 1.91. The Morgan fingerprint density at radius 3 is 2.30 bits per heavy atom. The Bertz CT molecular complexity index is 517. The summed E-state index contributed by atoms with van der Waals surface area (Å²) in [6, 6.07) is 7.01. The number of rotatable bonds is 2. The van der Waals surface area contributed by atoms with Crippen molar-refractivity contribution < 1.29 is 14.3 Å². The number of hydrogen-bond acceptors (Lipinski definition) is 3. The monoisotopic (exact) mass is 276 g/mol. The van der Waals surface area contributed by atoms with E-state index in [9.17, 15) is 9.59 Å². The third-order valence-corrected chi connectivity index (χ3v) is 3.45. The molecule has 5 nitrogen and oxygen atoms in total. The van der Waals surface area contributed by atoms with Crippen LogP contribution < -0.4 is 10.1 Å². The standard InChI is InChI=1S/C15H20N2O3/c1-15(2,3)10-5-7-11(8-6-10)20-14(19)17(4)12-9-16-13(12)18/h5-8,12H,9H2,1-4H3,(H,16,18)/t12-/m0/s1. The zero-order valence-corrected chi connectivity index (χ0v) is 12.3. The van der Waals surface area contributed by atoms with Crippen LogP contribution in [0.2, 0.25) is 0 Å². The molecule has 0 radical (unpaired) electrons. The molecule has 0 unspecified atom stereocenters. The number of carbonyl (C=O) groups excluding carboxylic acids is 2. The van der Waals surface area contributed by atoms with Crippen LogP contribution in [-0.2, 0) is 10.2 Å². The van der Waals surface area contributed by atoms with Crippen LogP contribution in [0.25, 0.3) is 0 Å². The average molecular weight is 276 g/mol. The maximum absolute atomic E-state index is 11.9. The Morgan fingerprint density at radius 1 is 1.30 bits per heavy atom. The Morgan fingerprint density at radius 2 is 1.90 bits per heavy atom. The molecule has 0 saturated carbocycles. The SMILES string of the molecule is CN(C(=O)Oc1ccc(C(C)(C)C)cc1)[C@H]1CNC1=O. The number of amides is 2. The van der Waals surface area contributed by atoms with Gasteiger partial charge in [0, 0.05) is 13.6 Å². The summed E-state index contributed by atoms with van der Waals surface area (Å²) in [6.07, 6.45) is -0.520. The molecule has 108 valence electrons. The van der Waals surface area contributed by atoms with Gasteiger partial charge in [0.2, 0.25) is 5.91 Å². The molecule has 0 bridgehead atoms. The first kappa shape index (κ1) is 14.4. The Hall–Kier alpha value is -2.04. The summed E-state index contributed by atoms with van der Waals surface area (Å²) in [5, 5.41) is 2.59. The van der Waals surface area contributed by atoms with Crippen molar-refractivity contribution in [3.63, 3.8) is 0 Å². The molecule has 1 fully saturated rings. The second-order valence-corrected chi connectivity index (χ2v) is 6.01. The van der Waals surface area contributed by atoms with Gasteiger partial charge in [-0.15, -0.1) is 0 Å². The molecule has 0 spiro atoms. The van der Waals surface area contributed by atoms with Crippen LogP contribution in [-0.4, -0.2) is 36.5 Å². The summed E-state index contributed by atoms with van der Waals surface area (Å²) >= 11 is 0. The number of carbonyl (C=O) groups is 2. The first-order valence-electron chi connectivity index (χ1n) is 6.62. The van der Waals surface area contributed by atoms with Gasteiger partial charge in [-0.25, -0.2) is 4.79 Å². The van der Waals surface area contributed by atoms with Gasteiger partial charge < -0.3 is 10.1 Å². The van der Waals surface area contributed by atoms with Gasteiger partial charge in [-0.2, -0.15) is 0 Å². The Labute approximate surface area is 118 Å². The quantitative estimate of drug-likeness (QED) is 0.839. The van der Waals surface area contributed by atoms with Crippen molar-refractivity contribution in [2.75, 3.05) is 13.6 Å². The summed E-state index contributed by atoms with van der Waals surface area (Å²) in [4.78, 5) is 24.4.